The molecule has 0 bridgehead atoms. The summed E-state index contributed by atoms with van der Waals surface area (Å²) in [4.78, 5) is 23.4. The van der Waals surface area contributed by atoms with Gasteiger partial charge in [-0.1, -0.05) is 6.92 Å². The minimum Gasteiger partial charge on any atom is -0.491 e. The van der Waals surface area contributed by atoms with Gasteiger partial charge in [0.05, 0.1) is 13.2 Å². The molecule has 0 aliphatic carbocycles. The number of carbonyl (C=O) groups is 2. The molecular weight excluding hydrogens is 358 g/mol. The molecule has 0 radical (unpaired) electrons. The molecule has 150 valence electrons. The fourth-order valence-electron chi connectivity index (χ4n) is 2.31. The highest BCUT2D eigenvalue weighted by molar-refractivity contribution is 5.94. The Hall–Kier alpha value is -3.06. The number of carbonyl (C=O) groups excluding carboxylic acids is 2. The Labute approximate surface area is 165 Å². The standard InChI is InChI=1S/C21H27N3O4/c1-3-20(25)23-17-7-5-16(6-8-17)22-15-21(26)24-18-9-11-19(12-10-18)28-14-13-27-4-2/h5-12,22H,3-4,13-15H2,1-2H3,(H,23,25)(H,24,26). The van der Waals surface area contributed by atoms with Crippen LogP contribution in [0.2, 0.25) is 0 Å². The van der Waals surface area contributed by atoms with Gasteiger partial charge < -0.3 is 25.4 Å². The molecule has 2 amide bonds. The average molecular weight is 385 g/mol. The van der Waals surface area contributed by atoms with Crippen molar-refractivity contribution >= 4 is 28.9 Å². The van der Waals surface area contributed by atoms with Gasteiger partial charge in [-0.3, -0.25) is 9.59 Å². The molecule has 0 aliphatic heterocycles. The molecule has 0 aromatic heterocycles. The molecule has 7 nitrogen and oxygen atoms in total. The predicted octanol–water partition coefficient (Wildman–Crippen LogP) is 3.50. The van der Waals surface area contributed by atoms with Crippen molar-refractivity contribution in [2.75, 3.05) is 42.3 Å². The van der Waals surface area contributed by atoms with Crippen molar-refractivity contribution in [3.63, 3.8) is 0 Å². The van der Waals surface area contributed by atoms with E-state index in [1.807, 2.05) is 19.1 Å². The highest BCUT2D eigenvalue weighted by Crippen LogP contribution is 2.16. The third kappa shape index (κ3) is 7.67. The fourth-order valence-corrected chi connectivity index (χ4v) is 2.31. The lowest BCUT2D eigenvalue weighted by Gasteiger charge is -2.10. The molecule has 0 saturated heterocycles. The molecule has 3 N–H and O–H groups in total. The fraction of sp³-hybridized carbons (Fsp3) is 0.333. The van der Waals surface area contributed by atoms with E-state index in [2.05, 4.69) is 16.0 Å². The van der Waals surface area contributed by atoms with Crippen LogP contribution in [0.25, 0.3) is 0 Å². The minimum absolute atomic E-state index is 0.0363. The Morgan fingerprint density at radius 1 is 0.786 bits per heavy atom. The van der Waals surface area contributed by atoms with Crippen LogP contribution in [0.5, 0.6) is 5.75 Å². The first kappa shape index (κ1) is 21.2. The van der Waals surface area contributed by atoms with Crippen molar-refractivity contribution in [3.05, 3.63) is 48.5 Å². The third-order valence-corrected chi connectivity index (χ3v) is 3.78. The van der Waals surface area contributed by atoms with Crippen LogP contribution in [0.3, 0.4) is 0 Å². The van der Waals surface area contributed by atoms with Crippen molar-refractivity contribution in [2.45, 2.75) is 20.3 Å². The van der Waals surface area contributed by atoms with E-state index in [0.29, 0.717) is 31.9 Å². The Bertz CT molecular complexity index is 745. The molecule has 2 rings (SSSR count). The number of hydrogen-bond donors (Lipinski definition) is 3. The smallest absolute Gasteiger partial charge is 0.243 e. The first-order chi connectivity index (χ1) is 13.6. The summed E-state index contributed by atoms with van der Waals surface area (Å²) < 4.78 is 10.8. The lowest BCUT2D eigenvalue weighted by Crippen LogP contribution is -2.21. The second kappa shape index (κ2) is 11.6. The second-order valence-electron chi connectivity index (χ2n) is 5.95. The molecule has 2 aromatic carbocycles. The number of benzene rings is 2. The van der Waals surface area contributed by atoms with Gasteiger partial charge in [0.15, 0.2) is 0 Å². The van der Waals surface area contributed by atoms with Gasteiger partial charge in [-0.25, -0.2) is 0 Å². The summed E-state index contributed by atoms with van der Waals surface area (Å²) in [5.41, 5.74) is 2.22. The van der Waals surface area contributed by atoms with Gasteiger partial charge in [0.25, 0.3) is 0 Å². The highest BCUT2D eigenvalue weighted by Gasteiger charge is 2.04. The van der Waals surface area contributed by atoms with E-state index in [4.69, 9.17) is 9.47 Å². The van der Waals surface area contributed by atoms with Crippen LogP contribution in [0.1, 0.15) is 20.3 Å². The molecule has 0 fully saturated rings. The van der Waals surface area contributed by atoms with Crippen LogP contribution >= 0.6 is 0 Å². The summed E-state index contributed by atoms with van der Waals surface area (Å²) in [5.74, 6) is 0.533. The van der Waals surface area contributed by atoms with E-state index >= 15 is 0 Å². The molecule has 2 aromatic rings. The van der Waals surface area contributed by atoms with E-state index in [9.17, 15) is 9.59 Å². The van der Waals surface area contributed by atoms with Crippen LogP contribution in [-0.2, 0) is 14.3 Å². The Morgan fingerprint density at radius 2 is 1.36 bits per heavy atom. The van der Waals surface area contributed by atoms with Crippen LogP contribution in [0.4, 0.5) is 17.1 Å². The number of nitrogens with one attached hydrogen (secondary N) is 3. The van der Waals surface area contributed by atoms with E-state index in [1.54, 1.807) is 43.3 Å². The summed E-state index contributed by atoms with van der Waals surface area (Å²) in [6, 6.07) is 14.4. The van der Waals surface area contributed by atoms with Gasteiger partial charge >= 0.3 is 0 Å². The molecule has 0 heterocycles. The molecule has 0 saturated carbocycles. The second-order valence-corrected chi connectivity index (χ2v) is 5.95. The highest BCUT2D eigenvalue weighted by atomic mass is 16.5. The van der Waals surface area contributed by atoms with Crippen molar-refractivity contribution in [1.29, 1.82) is 0 Å². The van der Waals surface area contributed by atoms with Gasteiger partial charge in [-0.2, -0.15) is 0 Å². The van der Waals surface area contributed by atoms with E-state index < -0.39 is 0 Å². The summed E-state index contributed by atoms with van der Waals surface area (Å²) in [5, 5.41) is 8.65. The number of hydrogen-bond acceptors (Lipinski definition) is 5. The van der Waals surface area contributed by atoms with Crippen LogP contribution < -0.4 is 20.7 Å². The summed E-state index contributed by atoms with van der Waals surface area (Å²) in [7, 11) is 0. The van der Waals surface area contributed by atoms with Crippen molar-refractivity contribution < 1.29 is 19.1 Å². The van der Waals surface area contributed by atoms with E-state index in [0.717, 1.165) is 17.1 Å². The third-order valence-electron chi connectivity index (χ3n) is 3.78. The molecule has 0 atom stereocenters. The molecule has 0 aliphatic rings. The van der Waals surface area contributed by atoms with Crippen LogP contribution in [-0.4, -0.2) is 38.2 Å². The van der Waals surface area contributed by atoms with E-state index in [1.165, 1.54) is 0 Å². The zero-order chi connectivity index (χ0) is 20.2. The lowest BCUT2D eigenvalue weighted by atomic mass is 10.2. The zero-order valence-corrected chi connectivity index (χ0v) is 16.3. The summed E-state index contributed by atoms with van der Waals surface area (Å²) >= 11 is 0. The monoisotopic (exact) mass is 385 g/mol. The molecule has 0 spiro atoms. The maximum Gasteiger partial charge on any atom is 0.243 e. The summed E-state index contributed by atoms with van der Waals surface area (Å²) in [6.45, 7) is 5.58. The Kier molecular flexibility index (Phi) is 8.81. The van der Waals surface area contributed by atoms with Gasteiger partial charge in [0.1, 0.15) is 12.4 Å². The first-order valence-electron chi connectivity index (χ1n) is 9.35. The number of anilines is 3. The maximum absolute atomic E-state index is 12.1. The molecule has 7 heteroatoms. The maximum atomic E-state index is 12.1. The normalized spacial score (nSPS) is 10.2. The van der Waals surface area contributed by atoms with E-state index in [-0.39, 0.29) is 18.4 Å². The largest absolute Gasteiger partial charge is 0.491 e. The number of ether oxygens (including phenoxy) is 2. The minimum atomic E-state index is -0.159. The SMILES string of the molecule is CCOCCOc1ccc(NC(=O)CNc2ccc(NC(=O)CC)cc2)cc1. The quantitative estimate of drug-likeness (QED) is 0.515. The van der Waals surface area contributed by atoms with Crippen LogP contribution in [0.15, 0.2) is 48.5 Å². The van der Waals surface area contributed by atoms with Crippen molar-refractivity contribution in [2.24, 2.45) is 0 Å². The predicted molar refractivity (Wildman–Crippen MR) is 111 cm³/mol. The van der Waals surface area contributed by atoms with Crippen molar-refractivity contribution in [3.8, 4) is 5.75 Å². The van der Waals surface area contributed by atoms with Crippen molar-refractivity contribution in [1.82, 2.24) is 0 Å². The van der Waals surface area contributed by atoms with Crippen LogP contribution in [0, 0.1) is 0 Å². The van der Waals surface area contributed by atoms with Gasteiger partial charge in [-0.15, -0.1) is 0 Å². The molecule has 0 unspecified atom stereocenters. The topological polar surface area (TPSA) is 88.7 Å². The van der Waals surface area contributed by atoms with Gasteiger partial charge in [0.2, 0.25) is 11.8 Å². The zero-order valence-electron chi connectivity index (χ0n) is 16.3. The number of rotatable bonds is 11. The van der Waals surface area contributed by atoms with Gasteiger partial charge in [0, 0.05) is 30.1 Å². The molecular formula is C21H27N3O4. The molecule has 28 heavy (non-hydrogen) atoms. The Balaban J connectivity index is 1.74. The lowest BCUT2D eigenvalue weighted by molar-refractivity contribution is -0.116. The first-order valence-corrected chi connectivity index (χ1v) is 9.35. The number of amides is 2. The van der Waals surface area contributed by atoms with Gasteiger partial charge in [-0.05, 0) is 55.5 Å². The summed E-state index contributed by atoms with van der Waals surface area (Å²) in [6.07, 6.45) is 0.431. The Morgan fingerprint density at radius 3 is 1.96 bits per heavy atom. The average Bonchev–Trinajstić information content (AvgIpc) is 2.72.